The fourth-order valence-electron chi connectivity index (χ4n) is 8.86. The molecule has 0 N–H and O–H groups in total. The molecule has 0 atom stereocenters. The first-order valence-electron chi connectivity index (χ1n) is 18.5. The normalized spacial score (nSPS) is 12.9. The van der Waals surface area contributed by atoms with Gasteiger partial charge in [-0.3, -0.25) is 0 Å². The molecular weight excluding hydrogens is 655 g/mol. The molecule has 0 fully saturated rings. The lowest BCUT2D eigenvalue weighted by atomic mass is 9.66. The van der Waals surface area contributed by atoms with Crippen molar-refractivity contribution in [1.82, 2.24) is 0 Å². The summed E-state index contributed by atoms with van der Waals surface area (Å²) in [4.78, 5) is 2.33. The third-order valence-electron chi connectivity index (χ3n) is 11.3. The van der Waals surface area contributed by atoms with E-state index in [1.54, 1.807) is 0 Å². The molecule has 2 nitrogen and oxygen atoms in total. The predicted octanol–water partition coefficient (Wildman–Crippen LogP) is 13.9. The molecule has 1 heterocycles. The number of anilines is 3. The van der Waals surface area contributed by atoms with Crippen LogP contribution in [0, 0.1) is 6.92 Å². The van der Waals surface area contributed by atoms with Gasteiger partial charge in [0, 0.05) is 22.5 Å². The van der Waals surface area contributed by atoms with Crippen LogP contribution in [0.2, 0.25) is 0 Å². The molecule has 0 unspecified atom stereocenters. The predicted molar refractivity (Wildman–Crippen MR) is 224 cm³/mol. The van der Waals surface area contributed by atoms with Gasteiger partial charge in [-0.15, -0.1) is 0 Å². The van der Waals surface area contributed by atoms with Gasteiger partial charge in [-0.1, -0.05) is 158 Å². The number of rotatable bonds is 6. The van der Waals surface area contributed by atoms with Crippen molar-refractivity contribution in [2.75, 3.05) is 4.90 Å². The quantitative estimate of drug-likeness (QED) is 0.172. The first-order valence-corrected chi connectivity index (χ1v) is 18.5. The van der Waals surface area contributed by atoms with Crippen molar-refractivity contribution < 1.29 is 4.74 Å². The first kappa shape index (κ1) is 31.8. The molecular formula is C52H37NO. The lowest BCUT2D eigenvalue weighted by molar-refractivity contribution is 0.437. The number of fused-ring (bicyclic) bond motifs is 9. The van der Waals surface area contributed by atoms with Crippen molar-refractivity contribution >= 4 is 23.1 Å². The highest BCUT2D eigenvalue weighted by atomic mass is 16.5. The van der Waals surface area contributed by atoms with Crippen LogP contribution in [0.4, 0.5) is 17.1 Å². The van der Waals surface area contributed by atoms with Crippen LogP contribution in [0.5, 0.6) is 11.5 Å². The van der Waals surface area contributed by atoms with Crippen molar-refractivity contribution in [3.8, 4) is 44.9 Å². The lowest BCUT2D eigenvalue weighted by Gasteiger charge is -2.41. The summed E-state index contributed by atoms with van der Waals surface area (Å²) >= 11 is 0. The van der Waals surface area contributed by atoms with E-state index in [2.05, 4.69) is 206 Å². The fourth-order valence-corrected chi connectivity index (χ4v) is 8.86. The van der Waals surface area contributed by atoms with Gasteiger partial charge in [-0.05, 0) is 105 Å². The number of benzene rings is 8. The van der Waals surface area contributed by atoms with Gasteiger partial charge in [0.2, 0.25) is 0 Å². The largest absolute Gasteiger partial charge is 0.454 e. The molecule has 0 aromatic heterocycles. The summed E-state index contributed by atoms with van der Waals surface area (Å²) in [5.41, 5.74) is 17.1. The minimum absolute atomic E-state index is 0.535. The minimum Gasteiger partial charge on any atom is -0.454 e. The highest BCUT2D eigenvalue weighted by Gasteiger charge is 2.51. The molecule has 0 saturated carbocycles. The summed E-state index contributed by atoms with van der Waals surface area (Å²) in [6, 6.07) is 67.7. The maximum atomic E-state index is 7.08. The van der Waals surface area contributed by atoms with Crippen LogP contribution in [0.25, 0.3) is 39.5 Å². The Morgan fingerprint density at radius 2 is 1.06 bits per heavy atom. The molecule has 54 heavy (non-hydrogen) atoms. The number of hydrogen-bond donors (Lipinski definition) is 0. The van der Waals surface area contributed by atoms with Gasteiger partial charge in [0.1, 0.15) is 5.75 Å². The summed E-state index contributed by atoms with van der Waals surface area (Å²) in [7, 11) is 0. The zero-order chi connectivity index (χ0) is 36.2. The van der Waals surface area contributed by atoms with E-state index in [1.807, 2.05) is 6.08 Å². The van der Waals surface area contributed by atoms with E-state index in [9.17, 15) is 0 Å². The Morgan fingerprint density at radius 3 is 1.78 bits per heavy atom. The van der Waals surface area contributed by atoms with Gasteiger partial charge in [-0.2, -0.15) is 0 Å². The standard InChI is InChI=1S/C52H37NO/c1-3-36-16-7-8-19-41(36)44-34-38(29-28-35(44)2)37-30-32-40(33-31-37)53(39-17-5-4-6-18-39)49-26-15-25-48-51(49)54-50-27-14-13-24-47(50)52(48)45-22-11-9-20-42(45)43-21-10-12-23-46(43)52/h3-34H,1H2,2H3. The molecule has 1 aliphatic carbocycles. The molecule has 2 aliphatic rings. The highest BCUT2D eigenvalue weighted by molar-refractivity contribution is 5.91. The second-order valence-electron chi connectivity index (χ2n) is 14.1. The number of nitrogens with zero attached hydrogens (tertiary/aromatic N) is 1. The molecule has 10 rings (SSSR count). The fraction of sp³-hybridized carbons (Fsp3) is 0.0385. The van der Waals surface area contributed by atoms with Crippen LogP contribution >= 0.6 is 0 Å². The number of aryl methyl sites for hydroxylation is 1. The Balaban J connectivity index is 1.15. The van der Waals surface area contributed by atoms with Crippen LogP contribution < -0.4 is 9.64 Å². The van der Waals surface area contributed by atoms with Crippen molar-refractivity contribution in [2.24, 2.45) is 0 Å². The summed E-state index contributed by atoms with van der Waals surface area (Å²) in [5, 5.41) is 0. The van der Waals surface area contributed by atoms with Gasteiger partial charge in [0.05, 0.1) is 11.1 Å². The van der Waals surface area contributed by atoms with Crippen LogP contribution in [0.15, 0.2) is 195 Å². The van der Waals surface area contributed by atoms with Crippen LogP contribution in [0.3, 0.4) is 0 Å². The Hall–Kier alpha value is -6.90. The second kappa shape index (κ2) is 12.6. The molecule has 256 valence electrons. The molecule has 0 radical (unpaired) electrons. The molecule has 0 amide bonds. The van der Waals surface area contributed by atoms with Gasteiger partial charge < -0.3 is 9.64 Å². The molecule has 8 aromatic carbocycles. The van der Waals surface area contributed by atoms with Gasteiger partial charge in [0.15, 0.2) is 5.75 Å². The van der Waals surface area contributed by atoms with Crippen molar-refractivity contribution in [2.45, 2.75) is 12.3 Å². The average Bonchev–Trinajstić information content (AvgIpc) is 3.53. The molecule has 1 aliphatic heterocycles. The zero-order valence-corrected chi connectivity index (χ0v) is 30.0. The van der Waals surface area contributed by atoms with Crippen molar-refractivity contribution in [3.05, 3.63) is 228 Å². The Labute approximate surface area is 316 Å². The van der Waals surface area contributed by atoms with E-state index in [-0.39, 0.29) is 0 Å². The maximum absolute atomic E-state index is 7.08. The van der Waals surface area contributed by atoms with Crippen LogP contribution in [-0.4, -0.2) is 0 Å². The second-order valence-corrected chi connectivity index (χ2v) is 14.1. The molecule has 1 spiro atoms. The SMILES string of the molecule is C=Cc1ccccc1-c1cc(-c2ccc(N(c3ccccc3)c3cccc4c3Oc3ccccc3C43c4ccccc4-c4ccccc43)cc2)ccc1C. The monoisotopic (exact) mass is 691 g/mol. The van der Waals surface area contributed by atoms with Crippen molar-refractivity contribution in [3.63, 3.8) is 0 Å². The van der Waals surface area contributed by atoms with Gasteiger partial charge >= 0.3 is 0 Å². The summed E-state index contributed by atoms with van der Waals surface area (Å²) in [6.45, 7) is 6.24. The summed E-state index contributed by atoms with van der Waals surface area (Å²) < 4.78 is 7.08. The Bertz CT molecular complexity index is 2680. The first-order chi connectivity index (χ1) is 26.7. The topological polar surface area (TPSA) is 12.5 Å². The third kappa shape index (κ3) is 4.74. The number of para-hydroxylation sites is 3. The van der Waals surface area contributed by atoms with E-state index in [4.69, 9.17) is 4.74 Å². The van der Waals surface area contributed by atoms with Crippen LogP contribution in [-0.2, 0) is 5.41 Å². The molecule has 0 bridgehead atoms. The van der Waals surface area contributed by atoms with E-state index < -0.39 is 5.41 Å². The molecule has 0 saturated heterocycles. The van der Waals surface area contributed by atoms with E-state index in [0.29, 0.717) is 0 Å². The molecule has 2 heteroatoms. The van der Waals surface area contributed by atoms with Crippen LogP contribution in [0.1, 0.15) is 33.4 Å². The highest BCUT2D eigenvalue weighted by Crippen LogP contribution is 2.63. The van der Waals surface area contributed by atoms with E-state index in [0.717, 1.165) is 50.8 Å². The summed E-state index contributed by atoms with van der Waals surface area (Å²) in [6.07, 6.45) is 1.94. The smallest absolute Gasteiger partial charge is 0.156 e. The van der Waals surface area contributed by atoms with Gasteiger partial charge in [0.25, 0.3) is 0 Å². The van der Waals surface area contributed by atoms with E-state index >= 15 is 0 Å². The molecule has 8 aromatic rings. The minimum atomic E-state index is -0.535. The Morgan fingerprint density at radius 1 is 0.481 bits per heavy atom. The van der Waals surface area contributed by atoms with E-state index in [1.165, 1.54) is 44.5 Å². The number of ether oxygens (including phenoxy) is 1. The zero-order valence-electron chi connectivity index (χ0n) is 30.0. The maximum Gasteiger partial charge on any atom is 0.156 e. The summed E-state index contributed by atoms with van der Waals surface area (Å²) in [5.74, 6) is 1.74. The number of hydrogen-bond acceptors (Lipinski definition) is 2. The van der Waals surface area contributed by atoms with Gasteiger partial charge in [-0.25, -0.2) is 0 Å². The van der Waals surface area contributed by atoms with Crippen molar-refractivity contribution in [1.29, 1.82) is 0 Å². The third-order valence-corrected chi connectivity index (χ3v) is 11.3. The lowest BCUT2D eigenvalue weighted by Crippen LogP contribution is -2.32. The average molecular weight is 692 g/mol. The Kier molecular flexibility index (Phi) is 7.45.